The number of hydrogen-bond acceptors (Lipinski definition) is 1. The van der Waals surface area contributed by atoms with Gasteiger partial charge in [-0.2, -0.15) is 0 Å². The molecule has 1 nitrogen and oxygen atoms in total. The maximum Gasteiger partial charge on any atom is 0.0638 e. The van der Waals surface area contributed by atoms with Crippen molar-refractivity contribution in [1.29, 1.82) is 0 Å². The Bertz CT molecular complexity index is 405. The molecule has 0 aromatic heterocycles. The number of halogens is 2. The van der Waals surface area contributed by atoms with Crippen molar-refractivity contribution in [3.05, 3.63) is 27.7 Å². The number of anilines is 1. The molecule has 1 fully saturated rings. The molecule has 18 heavy (non-hydrogen) atoms. The van der Waals surface area contributed by atoms with E-state index in [9.17, 15) is 0 Å². The summed E-state index contributed by atoms with van der Waals surface area (Å²) in [5.74, 6) is 1.63. The van der Waals surface area contributed by atoms with Gasteiger partial charge >= 0.3 is 0 Å². The van der Waals surface area contributed by atoms with Gasteiger partial charge in [0.2, 0.25) is 0 Å². The average Bonchev–Trinajstić information content (AvgIpc) is 2.34. The molecule has 1 N–H and O–H groups in total. The summed E-state index contributed by atoms with van der Waals surface area (Å²) in [6.07, 6.45) is 5.22. The second-order valence-corrected chi connectivity index (χ2v) is 6.96. The lowest BCUT2D eigenvalue weighted by Gasteiger charge is -2.32. The van der Waals surface area contributed by atoms with Gasteiger partial charge in [0, 0.05) is 10.5 Å². The second kappa shape index (κ2) is 6.29. The first-order chi connectivity index (χ1) is 8.56. The molecule has 2 rings (SSSR count). The summed E-state index contributed by atoms with van der Waals surface area (Å²) in [4.78, 5) is 0. The Labute approximate surface area is 123 Å². The zero-order valence-corrected chi connectivity index (χ0v) is 13.4. The summed E-state index contributed by atoms with van der Waals surface area (Å²) in [6.45, 7) is 4.66. The number of hydrogen-bond donors (Lipinski definition) is 1. The van der Waals surface area contributed by atoms with E-state index in [0.717, 1.165) is 27.0 Å². The van der Waals surface area contributed by atoms with Crippen molar-refractivity contribution < 1.29 is 0 Å². The van der Waals surface area contributed by atoms with Gasteiger partial charge in [-0.1, -0.05) is 54.2 Å². The summed E-state index contributed by atoms with van der Waals surface area (Å²) in [6, 6.07) is 6.56. The average molecular weight is 331 g/mol. The van der Waals surface area contributed by atoms with Crippen LogP contribution in [0.25, 0.3) is 0 Å². The Morgan fingerprint density at radius 3 is 2.83 bits per heavy atom. The van der Waals surface area contributed by atoms with Crippen LogP contribution in [0.5, 0.6) is 0 Å². The highest BCUT2D eigenvalue weighted by molar-refractivity contribution is 9.10. The van der Waals surface area contributed by atoms with Gasteiger partial charge in [-0.25, -0.2) is 0 Å². The molecule has 0 spiro atoms. The Hall–Kier alpha value is -0.210. The molecule has 1 aliphatic rings. The van der Waals surface area contributed by atoms with Gasteiger partial charge in [0.1, 0.15) is 0 Å². The third-order valence-corrected chi connectivity index (χ3v) is 4.77. The van der Waals surface area contributed by atoms with Crippen molar-refractivity contribution in [3.63, 3.8) is 0 Å². The van der Waals surface area contributed by atoms with Gasteiger partial charge in [0.15, 0.2) is 0 Å². The maximum absolute atomic E-state index is 6.23. The molecule has 0 bridgehead atoms. The maximum atomic E-state index is 6.23. The van der Waals surface area contributed by atoms with E-state index in [4.69, 9.17) is 11.6 Å². The molecule has 0 radical (unpaired) electrons. The molecule has 0 aliphatic heterocycles. The van der Waals surface area contributed by atoms with Crippen molar-refractivity contribution in [1.82, 2.24) is 0 Å². The fourth-order valence-electron chi connectivity index (χ4n) is 2.79. The number of nitrogens with one attached hydrogen (secondary N) is 1. The Balaban J connectivity index is 2.02. The van der Waals surface area contributed by atoms with Crippen LogP contribution in [0.1, 0.15) is 39.5 Å². The zero-order chi connectivity index (χ0) is 13.1. The van der Waals surface area contributed by atoms with Gasteiger partial charge in [-0.05, 0) is 42.9 Å². The minimum absolute atomic E-state index is 0.568. The van der Waals surface area contributed by atoms with Crippen LogP contribution in [0, 0.1) is 11.8 Å². The molecule has 0 saturated heterocycles. The lowest BCUT2D eigenvalue weighted by molar-refractivity contribution is 0.264. The zero-order valence-electron chi connectivity index (χ0n) is 11.0. The molecule has 1 aromatic carbocycles. The molecule has 1 aromatic rings. The molecule has 100 valence electrons. The Morgan fingerprint density at radius 2 is 2.11 bits per heavy atom. The van der Waals surface area contributed by atoms with Crippen LogP contribution in [0.4, 0.5) is 5.69 Å². The van der Waals surface area contributed by atoms with Crippen LogP contribution >= 0.6 is 27.5 Å². The summed E-state index contributed by atoms with van der Waals surface area (Å²) >= 11 is 9.73. The lowest BCUT2D eigenvalue weighted by Crippen LogP contribution is -2.29. The fraction of sp³-hybridized carbons (Fsp3) is 0.600. The molecule has 1 aliphatic carbocycles. The lowest BCUT2D eigenvalue weighted by atomic mass is 9.79. The smallest absolute Gasteiger partial charge is 0.0638 e. The monoisotopic (exact) mass is 329 g/mol. The first-order valence-corrected chi connectivity index (χ1v) is 7.95. The van der Waals surface area contributed by atoms with Crippen molar-refractivity contribution in [2.45, 2.75) is 45.6 Å². The van der Waals surface area contributed by atoms with Gasteiger partial charge in [0.05, 0.1) is 10.7 Å². The largest absolute Gasteiger partial charge is 0.381 e. The van der Waals surface area contributed by atoms with Gasteiger partial charge in [0.25, 0.3) is 0 Å². The molecule has 0 amide bonds. The third-order valence-electron chi connectivity index (χ3n) is 3.95. The van der Waals surface area contributed by atoms with E-state index in [1.54, 1.807) is 0 Å². The van der Waals surface area contributed by atoms with Crippen LogP contribution in [0.15, 0.2) is 22.7 Å². The molecule has 0 heterocycles. The standard InChI is InChI=1S/C15H21BrClN/c1-10(2)11-4-3-5-13(8-11)18-15-9-12(16)6-7-14(15)17/h6-7,9-11,13,18H,3-5,8H2,1-2H3. The van der Waals surface area contributed by atoms with E-state index >= 15 is 0 Å². The second-order valence-electron chi connectivity index (χ2n) is 5.64. The van der Waals surface area contributed by atoms with E-state index < -0.39 is 0 Å². The molecule has 1 saturated carbocycles. The first kappa shape index (κ1) is 14.2. The molecule has 2 unspecified atom stereocenters. The van der Waals surface area contributed by atoms with Crippen LogP contribution in [0.3, 0.4) is 0 Å². The van der Waals surface area contributed by atoms with Gasteiger partial charge in [-0.3, -0.25) is 0 Å². The van der Waals surface area contributed by atoms with Crippen LogP contribution in [-0.2, 0) is 0 Å². The summed E-state index contributed by atoms with van der Waals surface area (Å²) in [5.41, 5.74) is 1.06. The SMILES string of the molecule is CC(C)C1CCCC(Nc2cc(Br)ccc2Cl)C1. The minimum atomic E-state index is 0.568. The van der Waals surface area contributed by atoms with Crippen molar-refractivity contribution in [3.8, 4) is 0 Å². The summed E-state index contributed by atoms with van der Waals surface area (Å²) in [5, 5.41) is 4.42. The molecular weight excluding hydrogens is 310 g/mol. The fourth-order valence-corrected chi connectivity index (χ4v) is 3.33. The van der Waals surface area contributed by atoms with Crippen molar-refractivity contribution >= 4 is 33.2 Å². The molecular formula is C15H21BrClN. The Kier molecular flexibility index (Phi) is 4.97. The van der Waals surface area contributed by atoms with Crippen LogP contribution in [0.2, 0.25) is 5.02 Å². The van der Waals surface area contributed by atoms with Gasteiger partial charge in [-0.15, -0.1) is 0 Å². The summed E-state index contributed by atoms with van der Waals surface area (Å²) < 4.78 is 1.07. The topological polar surface area (TPSA) is 12.0 Å². The van der Waals surface area contributed by atoms with Gasteiger partial charge < -0.3 is 5.32 Å². The Morgan fingerprint density at radius 1 is 1.33 bits per heavy atom. The van der Waals surface area contributed by atoms with Crippen molar-refractivity contribution in [2.75, 3.05) is 5.32 Å². The highest BCUT2D eigenvalue weighted by Crippen LogP contribution is 2.33. The third kappa shape index (κ3) is 3.64. The van der Waals surface area contributed by atoms with Crippen molar-refractivity contribution in [2.24, 2.45) is 11.8 Å². The van der Waals surface area contributed by atoms with E-state index in [1.807, 2.05) is 12.1 Å². The highest BCUT2D eigenvalue weighted by atomic mass is 79.9. The van der Waals surface area contributed by atoms with E-state index in [2.05, 4.69) is 41.2 Å². The van der Waals surface area contributed by atoms with E-state index in [0.29, 0.717) is 6.04 Å². The van der Waals surface area contributed by atoms with Crippen LogP contribution < -0.4 is 5.32 Å². The number of rotatable bonds is 3. The highest BCUT2D eigenvalue weighted by Gasteiger charge is 2.24. The van der Waals surface area contributed by atoms with Crippen LogP contribution in [-0.4, -0.2) is 6.04 Å². The predicted molar refractivity (Wildman–Crippen MR) is 83.4 cm³/mol. The number of benzene rings is 1. The normalized spacial score (nSPS) is 24.3. The minimum Gasteiger partial charge on any atom is -0.381 e. The quantitative estimate of drug-likeness (QED) is 0.746. The summed E-state index contributed by atoms with van der Waals surface area (Å²) in [7, 11) is 0. The predicted octanol–water partition coefficient (Wildman–Crippen LogP) is 5.73. The molecule has 3 heteroatoms. The molecule has 2 atom stereocenters. The van der Waals surface area contributed by atoms with E-state index in [-0.39, 0.29) is 0 Å². The first-order valence-electron chi connectivity index (χ1n) is 6.78. The van der Waals surface area contributed by atoms with E-state index in [1.165, 1.54) is 25.7 Å².